The standard InChI is InChI=1S/C11H14Br2N2O2/c1-7(2-5-11(16)15-14)17-10-4-3-8(12)6-9(10)13/h3-4,6-7H,2,5,14H2,1H3,(H,15,16). The Morgan fingerprint density at radius 2 is 2.24 bits per heavy atom. The second-order valence-corrected chi connectivity index (χ2v) is 5.38. The molecule has 94 valence electrons. The molecule has 0 aliphatic heterocycles. The van der Waals surface area contributed by atoms with Crippen LogP contribution in [-0.4, -0.2) is 12.0 Å². The first-order chi connectivity index (χ1) is 8.02. The van der Waals surface area contributed by atoms with Crippen molar-refractivity contribution in [2.75, 3.05) is 0 Å². The molecule has 1 atom stereocenters. The van der Waals surface area contributed by atoms with Gasteiger partial charge in [-0.1, -0.05) is 15.9 Å². The number of carbonyl (C=O) groups excluding carboxylic acids is 1. The summed E-state index contributed by atoms with van der Waals surface area (Å²) in [6, 6.07) is 5.68. The van der Waals surface area contributed by atoms with Gasteiger partial charge in [0.15, 0.2) is 0 Å². The van der Waals surface area contributed by atoms with Crippen LogP contribution in [0.4, 0.5) is 0 Å². The first kappa shape index (κ1) is 14.5. The lowest BCUT2D eigenvalue weighted by Gasteiger charge is -2.15. The second-order valence-electron chi connectivity index (χ2n) is 3.61. The van der Waals surface area contributed by atoms with Crippen molar-refractivity contribution in [1.29, 1.82) is 0 Å². The molecule has 0 bridgehead atoms. The molecule has 0 radical (unpaired) electrons. The minimum absolute atomic E-state index is 0.0511. The summed E-state index contributed by atoms with van der Waals surface area (Å²) in [5.74, 6) is 5.57. The smallest absolute Gasteiger partial charge is 0.234 e. The van der Waals surface area contributed by atoms with Gasteiger partial charge >= 0.3 is 0 Å². The number of hydrogen-bond donors (Lipinski definition) is 2. The zero-order valence-corrected chi connectivity index (χ0v) is 12.5. The fourth-order valence-corrected chi connectivity index (χ4v) is 2.39. The SMILES string of the molecule is CC(CCC(=O)NN)Oc1ccc(Br)cc1Br. The number of hydrazine groups is 1. The van der Waals surface area contributed by atoms with Crippen LogP contribution in [0.1, 0.15) is 19.8 Å². The van der Waals surface area contributed by atoms with Crippen molar-refractivity contribution in [2.45, 2.75) is 25.9 Å². The van der Waals surface area contributed by atoms with Gasteiger partial charge in [-0.15, -0.1) is 0 Å². The second kappa shape index (κ2) is 6.98. The molecule has 0 saturated carbocycles. The summed E-state index contributed by atoms with van der Waals surface area (Å²) in [6.45, 7) is 1.91. The average molecular weight is 366 g/mol. The molecule has 1 amide bonds. The quantitative estimate of drug-likeness (QED) is 0.479. The number of amides is 1. The maximum absolute atomic E-state index is 11.0. The Labute approximate surface area is 117 Å². The van der Waals surface area contributed by atoms with E-state index in [0.29, 0.717) is 12.8 Å². The van der Waals surface area contributed by atoms with Crippen molar-refractivity contribution in [3.63, 3.8) is 0 Å². The van der Waals surface area contributed by atoms with Crippen molar-refractivity contribution in [1.82, 2.24) is 5.43 Å². The minimum Gasteiger partial charge on any atom is -0.490 e. The first-order valence-electron chi connectivity index (χ1n) is 5.14. The third-order valence-corrected chi connectivity index (χ3v) is 3.27. The maximum Gasteiger partial charge on any atom is 0.234 e. The topological polar surface area (TPSA) is 64.4 Å². The van der Waals surface area contributed by atoms with Crippen LogP contribution in [0.3, 0.4) is 0 Å². The van der Waals surface area contributed by atoms with E-state index in [2.05, 4.69) is 37.3 Å². The number of nitrogens with two attached hydrogens (primary N) is 1. The van der Waals surface area contributed by atoms with Gasteiger partial charge in [-0.05, 0) is 47.5 Å². The average Bonchev–Trinajstić information content (AvgIpc) is 2.29. The highest BCUT2D eigenvalue weighted by molar-refractivity contribution is 9.11. The summed E-state index contributed by atoms with van der Waals surface area (Å²) < 4.78 is 7.56. The Kier molecular flexibility index (Phi) is 5.94. The molecule has 1 rings (SSSR count). The monoisotopic (exact) mass is 364 g/mol. The van der Waals surface area contributed by atoms with E-state index in [1.165, 1.54) is 0 Å². The van der Waals surface area contributed by atoms with Crippen LogP contribution in [0, 0.1) is 0 Å². The van der Waals surface area contributed by atoms with E-state index in [1.54, 1.807) is 0 Å². The van der Waals surface area contributed by atoms with Crippen molar-refractivity contribution < 1.29 is 9.53 Å². The lowest BCUT2D eigenvalue weighted by molar-refractivity contribution is -0.121. The number of nitrogens with one attached hydrogen (secondary N) is 1. The van der Waals surface area contributed by atoms with Gasteiger partial charge in [-0.3, -0.25) is 10.2 Å². The van der Waals surface area contributed by atoms with Crippen LogP contribution >= 0.6 is 31.9 Å². The molecule has 1 aromatic rings. The highest BCUT2D eigenvalue weighted by atomic mass is 79.9. The summed E-state index contributed by atoms with van der Waals surface area (Å²) in [4.78, 5) is 11.0. The van der Waals surface area contributed by atoms with Gasteiger partial charge < -0.3 is 4.74 Å². The number of halogens is 2. The third-order valence-electron chi connectivity index (χ3n) is 2.16. The van der Waals surface area contributed by atoms with Crippen molar-refractivity contribution in [2.24, 2.45) is 5.84 Å². The molecule has 0 heterocycles. The summed E-state index contributed by atoms with van der Waals surface area (Å²) in [7, 11) is 0. The Morgan fingerprint density at radius 3 is 2.82 bits per heavy atom. The number of carbonyl (C=O) groups is 1. The zero-order valence-electron chi connectivity index (χ0n) is 9.37. The molecule has 17 heavy (non-hydrogen) atoms. The lowest BCUT2D eigenvalue weighted by Crippen LogP contribution is -2.30. The van der Waals surface area contributed by atoms with Gasteiger partial charge in [-0.25, -0.2) is 5.84 Å². The fraction of sp³-hybridized carbons (Fsp3) is 0.364. The molecule has 0 aliphatic carbocycles. The predicted octanol–water partition coefficient (Wildman–Crippen LogP) is 2.75. The summed E-state index contributed by atoms with van der Waals surface area (Å²) in [5, 5.41) is 0. The number of ether oxygens (including phenoxy) is 1. The molecule has 4 nitrogen and oxygen atoms in total. The number of rotatable bonds is 5. The summed E-state index contributed by atoms with van der Waals surface area (Å²) in [5.41, 5.74) is 2.09. The molecule has 6 heteroatoms. The molecule has 0 fully saturated rings. The Balaban J connectivity index is 2.50. The van der Waals surface area contributed by atoms with E-state index < -0.39 is 0 Å². The van der Waals surface area contributed by atoms with E-state index in [4.69, 9.17) is 10.6 Å². The van der Waals surface area contributed by atoms with Gasteiger partial charge in [-0.2, -0.15) is 0 Å². The Bertz CT molecular complexity index is 399. The highest BCUT2D eigenvalue weighted by Gasteiger charge is 2.09. The van der Waals surface area contributed by atoms with Gasteiger partial charge in [0.05, 0.1) is 10.6 Å². The predicted molar refractivity (Wildman–Crippen MR) is 73.5 cm³/mol. The highest BCUT2D eigenvalue weighted by Crippen LogP contribution is 2.29. The molecule has 0 spiro atoms. The van der Waals surface area contributed by atoms with Crippen molar-refractivity contribution in [3.8, 4) is 5.75 Å². The molecule has 0 saturated heterocycles. The number of benzene rings is 1. The van der Waals surface area contributed by atoms with Crippen LogP contribution in [0.25, 0.3) is 0 Å². The Morgan fingerprint density at radius 1 is 1.53 bits per heavy atom. The van der Waals surface area contributed by atoms with Crippen LogP contribution < -0.4 is 16.0 Å². The van der Waals surface area contributed by atoms with Crippen molar-refractivity contribution in [3.05, 3.63) is 27.1 Å². The van der Waals surface area contributed by atoms with Crippen LogP contribution in [0.2, 0.25) is 0 Å². The van der Waals surface area contributed by atoms with Crippen LogP contribution in [0.15, 0.2) is 27.1 Å². The van der Waals surface area contributed by atoms with E-state index in [-0.39, 0.29) is 12.0 Å². The molecule has 1 aromatic carbocycles. The molecular weight excluding hydrogens is 352 g/mol. The maximum atomic E-state index is 11.0. The molecule has 3 N–H and O–H groups in total. The van der Waals surface area contributed by atoms with Gasteiger partial charge in [0, 0.05) is 10.9 Å². The van der Waals surface area contributed by atoms with Crippen molar-refractivity contribution >= 4 is 37.8 Å². The zero-order chi connectivity index (χ0) is 12.8. The van der Waals surface area contributed by atoms with E-state index in [9.17, 15) is 4.79 Å². The van der Waals surface area contributed by atoms with Crippen LogP contribution in [0.5, 0.6) is 5.75 Å². The molecule has 1 unspecified atom stereocenters. The van der Waals surface area contributed by atoms with E-state index in [1.807, 2.05) is 25.1 Å². The van der Waals surface area contributed by atoms with Gasteiger partial charge in [0.25, 0.3) is 0 Å². The van der Waals surface area contributed by atoms with Crippen LogP contribution in [-0.2, 0) is 4.79 Å². The fourth-order valence-electron chi connectivity index (χ4n) is 1.25. The molecule has 0 aliphatic rings. The van der Waals surface area contributed by atoms with Gasteiger partial charge in [0.2, 0.25) is 5.91 Å². The van der Waals surface area contributed by atoms with E-state index >= 15 is 0 Å². The number of hydrogen-bond acceptors (Lipinski definition) is 3. The summed E-state index contributed by atoms with van der Waals surface area (Å²) in [6.07, 6.45) is 0.918. The minimum atomic E-state index is -0.185. The third kappa shape index (κ3) is 5.06. The lowest BCUT2D eigenvalue weighted by atomic mass is 10.2. The van der Waals surface area contributed by atoms with Gasteiger partial charge in [0.1, 0.15) is 5.75 Å². The van der Waals surface area contributed by atoms with E-state index in [0.717, 1.165) is 14.7 Å². The molecular formula is C11H14Br2N2O2. The first-order valence-corrected chi connectivity index (χ1v) is 6.72. The normalized spacial score (nSPS) is 12.0. The Hall–Kier alpha value is -0.590. The largest absolute Gasteiger partial charge is 0.490 e. The summed E-state index contributed by atoms with van der Waals surface area (Å²) >= 11 is 6.78. The molecule has 0 aromatic heterocycles.